The van der Waals surface area contributed by atoms with Gasteiger partial charge in [0.05, 0.1) is 0 Å². The second kappa shape index (κ2) is 6.91. The molecule has 110 valence electrons. The molecule has 0 bridgehead atoms. The Morgan fingerprint density at radius 3 is 2.52 bits per heavy atom. The SMILES string of the molecule is CNCC(Cc1cccc(C2CCC2)c1)c1ccccc1. The number of hydrogen-bond acceptors (Lipinski definition) is 1. The molecule has 1 N–H and O–H groups in total. The molecule has 1 unspecified atom stereocenters. The fourth-order valence-corrected chi connectivity index (χ4v) is 3.28. The first-order valence-corrected chi connectivity index (χ1v) is 8.15. The lowest BCUT2D eigenvalue weighted by atomic mass is 9.79. The van der Waals surface area contributed by atoms with Gasteiger partial charge in [-0.3, -0.25) is 0 Å². The zero-order valence-electron chi connectivity index (χ0n) is 12.9. The van der Waals surface area contributed by atoms with Crippen LogP contribution in [-0.4, -0.2) is 13.6 Å². The number of benzene rings is 2. The van der Waals surface area contributed by atoms with E-state index < -0.39 is 0 Å². The monoisotopic (exact) mass is 279 g/mol. The van der Waals surface area contributed by atoms with Crippen molar-refractivity contribution in [3.63, 3.8) is 0 Å². The van der Waals surface area contributed by atoms with Gasteiger partial charge >= 0.3 is 0 Å². The highest BCUT2D eigenvalue weighted by Gasteiger charge is 2.20. The third-order valence-corrected chi connectivity index (χ3v) is 4.73. The molecule has 0 spiro atoms. The van der Waals surface area contributed by atoms with Crippen molar-refractivity contribution in [1.29, 1.82) is 0 Å². The van der Waals surface area contributed by atoms with E-state index in [2.05, 4.69) is 59.9 Å². The molecule has 3 rings (SSSR count). The molecular formula is C20H25N. The van der Waals surface area contributed by atoms with Gasteiger partial charge in [-0.05, 0) is 48.9 Å². The first-order valence-electron chi connectivity index (χ1n) is 8.15. The summed E-state index contributed by atoms with van der Waals surface area (Å²) in [6.45, 7) is 1.03. The van der Waals surface area contributed by atoms with Crippen LogP contribution in [0.4, 0.5) is 0 Å². The van der Waals surface area contributed by atoms with Crippen LogP contribution in [0.1, 0.15) is 47.8 Å². The van der Waals surface area contributed by atoms with E-state index in [-0.39, 0.29) is 0 Å². The summed E-state index contributed by atoms with van der Waals surface area (Å²) in [5.74, 6) is 1.37. The van der Waals surface area contributed by atoms with E-state index in [1.807, 2.05) is 7.05 Å². The van der Waals surface area contributed by atoms with Crippen LogP contribution < -0.4 is 5.32 Å². The van der Waals surface area contributed by atoms with Crippen LogP contribution >= 0.6 is 0 Å². The van der Waals surface area contributed by atoms with Crippen molar-refractivity contribution in [2.45, 2.75) is 37.5 Å². The van der Waals surface area contributed by atoms with Crippen LogP contribution in [0, 0.1) is 0 Å². The van der Waals surface area contributed by atoms with Crippen LogP contribution in [0.25, 0.3) is 0 Å². The lowest BCUT2D eigenvalue weighted by Crippen LogP contribution is -2.19. The smallest absolute Gasteiger partial charge is 0.00203 e. The largest absolute Gasteiger partial charge is 0.319 e. The summed E-state index contributed by atoms with van der Waals surface area (Å²) < 4.78 is 0. The molecule has 0 aromatic heterocycles. The molecule has 2 aromatic carbocycles. The minimum absolute atomic E-state index is 0.549. The van der Waals surface area contributed by atoms with Gasteiger partial charge in [0, 0.05) is 12.5 Å². The van der Waals surface area contributed by atoms with Gasteiger partial charge in [0.1, 0.15) is 0 Å². The van der Waals surface area contributed by atoms with Crippen LogP contribution in [-0.2, 0) is 6.42 Å². The number of rotatable bonds is 6. The summed E-state index contributed by atoms with van der Waals surface area (Å²) in [4.78, 5) is 0. The van der Waals surface area contributed by atoms with E-state index in [4.69, 9.17) is 0 Å². The summed E-state index contributed by atoms with van der Waals surface area (Å²) >= 11 is 0. The van der Waals surface area contributed by atoms with Crippen molar-refractivity contribution in [2.24, 2.45) is 0 Å². The maximum absolute atomic E-state index is 3.35. The Kier molecular flexibility index (Phi) is 4.72. The quantitative estimate of drug-likeness (QED) is 0.821. The van der Waals surface area contributed by atoms with Crippen molar-refractivity contribution >= 4 is 0 Å². The van der Waals surface area contributed by atoms with Crippen molar-refractivity contribution in [3.05, 3.63) is 71.3 Å². The van der Waals surface area contributed by atoms with Crippen LogP contribution in [0.5, 0.6) is 0 Å². The van der Waals surface area contributed by atoms with Gasteiger partial charge in [-0.1, -0.05) is 61.0 Å². The highest BCUT2D eigenvalue weighted by Crippen LogP contribution is 2.36. The minimum atomic E-state index is 0.549. The van der Waals surface area contributed by atoms with Gasteiger partial charge in [0.25, 0.3) is 0 Å². The van der Waals surface area contributed by atoms with E-state index in [9.17, 15) is 0 Å². The molecule has 0 aliphatic heterocycles. The average molecular weight is 279 g/mol. The second-order valence-corrected chi connectivity index (χ2v) is 6.24. The van der Waals surface area contributed by atoms with Crippen molar-refractivity contribution in [1.82, 2.24) is 5.32 Å². The molecule has 1 aliphatic rings. The topological polar surface area (TPSA) is 12.0 Å². The standard InChI is InChI=1S/C20H25N/c1-21-15-20(18-8-3-2-4-9-18)14-16-7-5-12-19(13-16)17-10-6-11-17/h2-5,7-9,12-13,17,20-21H,6,10-11,14-15H2,1H3. The molecule has 0 radical (unpaired) electrons. The highest BCUT2D eigenvalue weighted by molar-refractivity contribution is 5.30. The van der Waals surface area contributed by atoms with E-state index in [0.717, 1.165) is 18.9 Å². The molecule has 1 fully saturated rings. The van der Waals surface area contributed by atoms with Crippen molar-refractivity contribution in [3.8, 4) is 0 Å². The molecule has 1 atom stereocenters. The Balaban J connectivity index is 1.76. The molecule has 0 amide bonds. The molecule has 0 heterocycles. The first-order chi connectivity index (χ1) is 10.4. The molecule has 1 heteroatoms. The Hall–Kier alpha value is -1.60. The van der Waals surface area contributed by atoms with Crippen molar-refractivity contribution < 1.29 is 0 Å². The number of hydrogen-bond donors (Lipinski definition) is 1. The summed E-state index contributed by atoms with van der Waals surface area (Å²) in [7, 11) is 2.04. The first kappa shape index (κ1) is 14.3. The fraction of sp³-hybridized carbons (Fsp3) is 0.400. The van der Waals surface area contributed by atoms with Gasteiger partial charge in [-0.2, -0.15) is 0 Å². The van der Waals surface area contributed by atoms with Gasteiger partial charge < -0.3 is 5.32 Å². The Bertz CT molecular complexity index is 557. The molecular weight excluding hydrogens is 254 g/mol. The summed E-state index contributed by atoms with van der Waals surface area (Å²) in [6.07, 6.45) is 5.27. The zero-order valence-corrected chi connectivity index (χ0v) is 12.9. The Morgan fingerprint density at radius 2 is 1.86 bits per heavy atom. The molecule has 1 saturated carbocycles. The second-order valence-electron chi connectivity index (χ2n) is 6.24. The third kappa shape index (κ3) is 3.54. The number of nitrogens with one attached hydrogen (secondary N) is 1. The van der Waals surface area contributed by atoms with E-state index in [1.165, 1.54) is 30.4 Å². The van der Waals surface area contributed by atoms with Crippen LogP contribution in [0.3, 0.4) is 0 Å². The predicted octanol–water partition coefficient (Wildman–Crippen LogP) is 4.50. The third-order valence-electron chi connectivity index (χ3n) is 4.73. The Labute approximate surface area is 128 Å². The minimum Gasteiger partial charge on any atom is -0.319 e. The van der Waals surface area contributed by atoms with Gasteiger partial charge in [0.15, 0.2) is 0 Å². The van der Waals surface area contributed by atoms with Crippen LogP contribution in [0.2, 0.25) is 0 Å². The summed E-state index contributed by atoms with van der Waals surface area (Å²) in [5, 5.41) is 3.35. The average Bonchev–Trinajstić information content (AvgIpc) is 2.46. The van der Waals surface area contributed by atoms with Crippen molar-refractivity contribution in [2.75, 3.05) is 13.6 Å². The van der Waals surface area contributed by atoms with E-state index in [0.29, 0.717) is 5.92 Å². The summed E-state index contributed by atoms with van der Waals surface area (Å²) in [5.41, 5.74) is 4.46. The van der Waals surface area contributed by atoms with E-state index in [1.54, 1.807) is 5.56 Å². The summed E-state index contributed by atoms with van der Waals surface area (Å²) in [6, 6.07) is 20.1. The molecule has 21 heavy (non-hydrogen) atoms. The molecule has 2 aromatic rings. The van der Waals surface area contributed by atoms with Gasteiger partial charge in [0.2, 0.25) is 0 Å². The van der Waals surface area contributed by atoms with Gasteiger partial charge in [-0.25, -0.2) is 0 Å². The van der Waals surface area contributed by atoms with E-state index >= 15 is 0 Å². The lowest BCUT2D eigenvalue weighted by molar-refractivity contribution is 0.419. The van der Waals surface area contributed by atoms with Crippen LogP contribution in [0.15, 0.2) is 54.6 Å². The maximum Gasteiger partial charge on any atom is 0.00203 e. The highest BCUT2D eigenvalue weighted by atomic mass is 14.8. The zero-order chi connectivity index (χ0) is 14.5. The van der Waals surface area contributed by atoms with Gasteiger partial charge in [-0.15, -0.1) is 0 Å². The number of likely N-dealkylation sites (N-methyl/N-ethyl adjacent to an activating group) is 1. The Morgan fingerprint density at radius 1 is 1.05 bits per heavy atom. The molecule has 1 aliphatic carbocycles. The molecule has 1 nitrogen and oxygen atoms in total. The lowest BCUT2D eigenvalue weighted by Gasteiger charge is -2.26. The predicted molar refractivity (Wildman–Crippen MR) is 89.8 cm³/mol. The molecule has 0 saturated heterocycles. The maximum atomic E-state index is 3.35. The fourth-order valence-electron chi connectivity index (χ4n) is 3.28. The normalized spacial score (nSPS) is 16.4.